The number of piperidine rings is 1. The van der Waals surface area contributed by atoms with Gasteiger partial charge in [0.25, 0.3) is 0 Å². The largest absolute Gasteiger partial charge is 0.298 e. The molecule has 4 rings (SSSR count). The molecule has 1 unspecified atom stereocenters. The number of rotatable bonds is 4. The van der Waals surface area contributed by atoms with Crippen molar-refractivity contribution in [1.29, 1.82) is 0 Å². The van der Waals surface area contributed by atoms with Crippen molar-refractivity contribution in [3.8, 4) is 11.1 Å². The Morgan fingerprint density at radius 1 is 1.19 bits per heavy atom. The van der Waals surface area contributed by atoms with Gasteiger partial charge in [0.05, 0.1) is 6.20 Å². The van der Waals surface area contributed by atoms with Gasteiger partial charge in [-0.1, -0.05) is 42.0 Å². The molecule has 1 fully saturated rings. The van der Waals surface area contributed by atoms with Crippen molar-refractivity contribution >= 4 is 0 Å². The van der Waals surface area contributed by atoms with Crippen LogP contribution in [0.4, 0.5) is 4.39 Å². The number of aromatic amines is 1. The molecule has 1 aromatic heterocycles. The standard InChI is InChI=1S/C22H24FN3/c1-16-5-2-6-17(11-16)14-26-10-4-8-19(15-26)22-21(13-24-25-22)18-7-3-9-20(23)12-18/h2-3,5-7,9,11-13,19H,4,8,10,14-15H2,1H3,(H,24,25). The Labute approximate surface area is 153 Å². The maximum absolute atomic E-state index is 13.6. The van der Waals surface area contributed by atoms with E-state index in [9.17, 15) is 4.39 Å². The molecule has 1 saturated heterocycles. The number of hydrogen-bond acceptors (Lipinski definition) is 2. The minimum absolute atomic E-state index is 0.209. The third-order valence-electron chi connectivity index (χ3n) is 5.21. The van der Waals surface area contributed by atoms with Crippen LogP contribution in [0.25, 0.3) is 11.1 Å². The average molecular weight is 349 g/mol. The van der Waals surface area contributed by atoms with Crippen LogP contribution in [0.5, 0.6) is 0 Å². The van der Waals surface area contributed by atoms with Crippen molar-refractivity contribution in [2.75, 3.05) is 13.1 Å². The van der Waals surface area contributed by atoms with Crippen LogP contribution in [-0.4, -0.2) is 28.2 Å². The first-order valence-electron chi connectivity index (χ1n) is 9.26. The lowest BCUT2D eigenvalue weighted by molar-refractivity contribution is 0.198. The Balaban J connectivity index is 1.53. The molecule has 0 radical (unpaired) electrons. The van der Waals surface area contributed by atoms with Crippen LogP contribution < -0.4 is 0 Å². The number of aromatic nitrogens is 2. The molecule has 2 aromatic carbocycles. The number of H-pyrrole nitrogens is 1. The van der Waals surface area contributed by atoms with E-state index < -0.39 is 0 Å². The van der Waals surface area contributed by atoms with Gasteiger partial charge in [0.2, 0.25) is 0 Å². The minimum Gasteiger partial charge on any atom is -0.298 e. The van der Waals surface area contributed by atoms with Gasteiger partial charge in [-0.25, -0.2) is 4.39 Å². The van der Waals surface area contributed by atoms with Crippen molar-refractivity contribution < 1.29 is 4.39 Å². The van der Waals surface area contributed by atoms with Crippen LogP contribution in [-0.2, 0) is 6.54 Å². The third-order valence-corrected chi connectivity index (χ3v) is 5.21. The predicted molar refractivity (Wildman–Crippen MR) is 102 cm³/mol. The van der Waals surface area contributed by atoms with Crippen molar-refractivity contribution in [3.63, 3.8) is 0 Å². The molecule has 134 valence electrons. The van der Waals surface area contributed by atoms with Crippen molar-refractivity contribution in [2.24, 2.45) is 0 Å². The highest BCUT2D eigenvalue weighted by molar-refractivity contribution is 5.65. The summed E-state index contributed by atoms with van der Waals surface area (Å²) in [6.45, 7) is 5.23. The van der Waals surface area contributed by atoms with E-state index in [1.54, 1.807) is 12.1 Å². The van der Waals surface area contributed by atoms with Gasteiger partial charge in [0.1, 0.15) is 5.82 Å². The number of benzene rings is 2. The highest BCUT2D eigenvalue weighted by Gasteiger charge is 2.25. The van der Waals surface area contributed by atoms with Gasteiger partial charge in [-0.3, -0.25) is 10.00 Å². The number of likely N-dealkylation sites (tertiary alicyclic amines) is 1. The molecule has 1 aliphatic heterocycles. The molecule has 3 aromatic rings. The predicted octanol–water partition coefficient (Wildman–Crippen LogP) is 4.90. The Bertz CT molecular complexity index is 886. The molecule has 1 atom stereocenters. The molecular formula is C22H24FN3. The normalized spacial score (nSPS) is 18.2. The third kappa shape index (κ3) is 3.70. The number of aryl methyl sites for hydroxylation is 1. The Morgan fingerprint density at radius 3 is 2.92 bits per heavy atom. The minimum atomic E-state index is -0.209. The van der Waals surface area contributed by atoms with E-state index in [1.165, 1.54) is 17.2 Å². The molecular weight excluding hydrogens is 325 g/mol. The topological polar surface area (TPSA) is 31.9 Å². The molecule has 1 N–H and O–H groups in total. The van der Waals surface area contributed by atoms with E-state index in [0.717, 1.165) is 49.3 Å². The van der Waals surface area contributed by atoms with Crippen molar-refractivity contribution in [3.05, 3.63) is 77.4 Å². The fourth-order valence-electron chi connectivity index (χ4n) is 4.00. The van der Waals surface area contributed by atoms with Crippen molar-refractivity contribution in [1.82, 2.24) is 15.1 Å². The van der Waals surface area contributed by atoms with E-state index in [-0.39, 0.29) is 5.82 Å². The van der Waals surface area contributed by atoms with Gasteiger partial charge in [0, 0.05) is 30.3 Å². The first-order valence-corrected chi connectivity index (χ1v) is 9.26. The first-order chi connectivity index (χ1) is 12.7. The summed E-state index contributed by atoms with van der Waals surface area (Å²) in [7, 11) is 0. The molecule has 1 aliphatic rings. The van der Waals surface area contributed by atoms with Gasteiger partial charge in [-0.2, -0.15) is 5.10 Å². The van der Waals surface area contributed by atoms with E-state index in [1.807, 2.05) is 12.3 Å². The monoisotopic (exact) mass is 349 g/mol. The fraction of sp³-hybridized carbons (Fsp3) is 0.318. The van der Waals surface area contributed by atoms with E-state index in [2.05, 4.69) is 46.3 Å². The maximum Gasteiger partial charge on any atom is 0.123 e. The summed E-state index contributed by atoms with van der Waals surface area (Å²) in [5.41, 5.74) is 5.71. The van der Waals surface area contributed by atoms with Gasteiger partial charge in [-0.15, -0.1) is 0 Å². The van der Waals surface area contributed by atoms with Crippen LogP contribution in [0.2, 0.25) is 0 Å². The Morgan fingerprint density at radius 2 is 2.08 bits per heavy atom. The molecule has 0 bridgehead atoms. The summed E-state index contributed by atoms with van der Waals surface area (Å²) in [5, 5.41) is 7.45. The highest BCUT2D eigenvalue weighted by atomic mass is 19.1. The summed E-state index contributed by atoms with van der Waals surface area (Å²) in [6.07, 6.45) is 4.12. The maximum atomic E-state index is 13.6. The van der Waals surface area contributed by atoms with Crippen molar-refractivity contribution in [2.45, 2.75) is 32.2 Å². The molecule has 2 heterocycles. The lowest BCUT2D eigenvalue weighted by Crippen LogP contribution is -2.34. The zero-order valence-electron chi connectivity index (χ0n) is 15.1. The summed E-state index contributed by atoms with van der Waals surface area (Å²) < 4.78 is 13.6. The molecule has 26 heavy (non-hydrogen) atoms. The zero-order valence-corrected chi connectivity index (χ0v) is 15.1. The summed E-state index contributed by atoms with van der Waals surface area (Å²) >= 11 is 0. The lowest BCUT2D eigenvalue weighted by atomic mass is 9.90. The van der Waals surface area contributed by atoms with E-state index in [4.69, 9.17) is 0 Å². The molecule has 4 heteroatoms. The number of halogens is 1. The quantitative estimate of drug-likeness (QED) is 0.726. The van der Waals surface area contributed by atoms with Gasteiger partial charge in [0.15, 0.2) is 0 Å². The lowest BCUT2D eigenvalue weighted by Gasteiger charge is -2.32. The molecule has 0 aliphatic carbocycles. The second-order valence-corrected chi connectivity index (χ2v) is 7.27. The van der Waals surface area contributed by atoms with Gasteiger partial charge in [-0.05, 0) is 49.6 Å². The second kappa shape index (κ2) is 7.42. The van der Waals surface area contributed by atoms with E-state index in [0.29, 0.717) is 5.92 Å². The van der Waals surface area contributed by atoms with Crippen LogP contribution >= 0.6 is 0 Å². The summed E-state index contributed by atoms with van der Waals surface area (Å²) in [4.78, 5) is 2.51. The zero-order chi connectivity index (χ0) is 17.9. The first kappa shape index (κ1) is 17.0. The van der Waals surface area contributed by atoms with Gasteiger partial charge < -0.3 is 0 Å². The molecule has 0 spiro atoms. The van der Waals surface area contributed by atoms with Crippen LogP contribution in [0.3, 0.4) is 0 Å². The average Bonchev–Trinajstić information content (AvgIpc) is 3.12. The summed E-state index contributed by atoms with van der Waals surface area (Å²) in [5.74, 6) is 0.189. The van der Waals surface area contributed by atoms with Crippen LogP contribution in [0.1, 0.15) is 35.6 Å². The molecule has 0 amide bonds. The Hall–Kier alpha value is -2.46. The number of hydrogen-bond donors (Lipinski definition) is 1. The molecule has 3 nitrogen and oxygen atoms in total. The number of nitrogens with zero attached hydrogens (tertiary/aromatic N) is 2. The van der Waals surface area contributed by atoms with Gasteiger partial charge >= 0.3 is 0 Å². The number of nitrogens with one attached hydrogen (secondary N) is 1. The van der Waals surface area contributed by atoms with Crippen LogP contribution in [0.15, 0.2) is 54.7 Å². The smallest absolute Gasteiger partial charge is 0.123 e. The SMILES string of the molecule is Cc1cccc(CN2CCCC(c3[nH]ncc3-c3cccc(F)c3)C2)c1. The fourth-order valence-corrected chi connectivity index (χ4v) is 4.00. The Kier molecular flexibility index (Phi) is 4.85. The highest BCUT2D eigenvalue weighted by Crippen LogP contribution is 2.33. The molecule has 0 saturated carbocycles. The van der Waals surface area contributed by atoms with E-state index >= 15 is 0 Å². The second-order valence-electron chi connectivity index (χ2n) is 7.27. The summed E-state index contributed by atoms with van der Waals surface area (Å²) in [6, 6.07) is 15.5. The van der Waals surface area contributed by atoms with Crippen LogP contribution in [0, 0.1) is 12.7 Å².